The number of pyridine rings is 1. The van der Waals surface area contributed by atoms with Crippen LogP contribution in [0, 0.1) is 0 Å². The molecule has 88 valence electrons. The second-order valence-corrected chi connectivity index (χ2v) is 5.27. The van der Waals surface area contributed by atoms with Crippen LogP contribution >= 0.6 is 43.5 Å². The van der Waals surface area contributed by atoms with E-state index in [-0.39, 0.29) is 10.8 Å². The molecule has 0 unspecified atom stereocenters. The summed E-state index contributed by atoms with van der Waals surface area (Å²) in [5.41, 5.74) is 0.749. The van der Waals surface area contributed by atoms with Crippen LogP contribution in [0.2, 0.25) is 5.15 Å². The largest absolute Gasteiger partial charge is 0.465 e. The monoisotopic (exact) mass is 369 g/mol. The summed E-state index contributed by atoms with van der Waals surface area (Å²) in [4.78, 5) is 14.7. The number of nitrogens with zero attached hydrogens (tertiary/aromatic N) is 1. The zero-order chi connectivity index (χ0) is 12.1. The Morgan fingerprint density at radius 1 is 1.62 bits per heavy atom. The van der Waals surface area contributed by atoms with Crippen LogP contribution in [0.25, 0.3) is 0 Å². The van der Waals surface area contributed by atoms with Crippen LogP contribution in [0.15, 0.2) is 18.3 Å². The van der Waals surface area contributed by atoms with Crippen LogP contribution < -0.4 is 0 Å². The predicted octanol–water partition coefficient (Wildman–Crippen LogP) is 3.50. The van der Waals surface area contributed by atoms with Crippen LogP contribution in [-0.4, -0.2) is 22.4 Å². The zero-order valence-corrected chi connectivity index (χ0v) is 12.4. The van der Waals surface area contributed by atoms with Gasteiger partial charge in [-0.2, -0.15) is 0 Å². The van der Waals surface area contributed by atoms with E-state index < -0.39 is 4.83 Å². The third kappa shape index (κ3) is 3.43. The average Bonchev–Trinajstić information content (AvgIpc) is 2.28. The summed E-state index contributed by atoms with van der Waals surface area (Å²) in [5, 5.41) is 0.373. The summed E-state index contributed by atoms with van der Waals surface area (Å²) >= 11 is 12.6. The fourth-order valence-corrected chi connectivity index (χ4v) is 2.47. The van der Waals surface area contributed by atoms with Gasteiger partial charge in [0.2, 0.25) is 0 Å². The molecule has 0 saturated heterocycles. The van der Waals surface area contributed by atoms with Crippen LogP contribution in [-0.2, 0) is 9.53 Å². The number of carbonyl (C=O) groups excluding carboxylic acids is 1. The topological polar surface area (TPSA) is 39.2 Å². The minimum Gasteiger partial charge on any atom is -0.465 e. The van der Waals surface area contributed by atoms with Gasteiger partial charge in [-0.15, -0.1) is 0 Å². The van der Waals surface area contributed by atoms with E-state index in [1.165, 1.54) is 0 Å². The summed E-state index contributed by atoms with van der Waals surface area (Å²) in [6.07, 6.45) is 1.60. The maximum atomic E-state index is 11.5. The van der Waals surface area contributed by atoms with Crippen molar-refractivity contribution in [2.24, 2.45) is 0 Å². The molecule has 0 bridgehead atoms. The Hall–Kier alpha value is -0.130. The maximum Gasteiger partial charge on any atom is 0.321 e. The van der Waals surface area contributed by atoms with Crippen LogP contribution in [0.1, 0.15) is 17.3 Å². The van der Waals surface area contributed by atoms with Crippen molar-refractivity contribution < 1.29 is 9.53 Å². The summed E-state index contributed by atoms with van der Waals surface area (Å²) in [6.45, 7) is 2.11. The molecule has 6 heteroatoms. The number of ether oxygens (including phenoxy) is 1. The molecule has 0 N–H and O–H groups in total. The quantitative estimate of drug-likeness (QED) is 0.462. The van der Waals surface area contributed by atoms with Crippen LogP contribution in [0.5, 0.6) is 0 Å². The molecule has 0 spiro atoms. The van der Waals surface area contributed by atoms with Crippen molar-refractivity contribution in [1.29, 1.82) is 0 Å². The van der Waals surface area contributed by atoms with Crippen molar-refractivity contribution in [3.05, 3.63) is 29.0 Å². The molecule has 16 heavy (non-hydrogen) atoms. The third-order valence-electron chi connectivity index (χ3n) is 1.85. The van der Waals surface area contributed by atoms with Gasteiger partial charge in [0.15, 0.2) is 0 Å². The van der Waals surface area contributed by atoms with Crippen molar-refractivity contribution in [3.8, 4) is 0 Å². The minimum atomic E-state index is -0.492. The first-order chi connectivity index (χ1) is 7.57. The molecular weight excluding hydrogens is 361 g/mol. The summed E-state index contributed by atoms with van der Waals surface area (Å²) in [5.74, 6) is -0.329. The van der Waals surface area contributed by atoms with Gasteiger partial charge in [-0.3, -0.25) is 4.79 Å². The number of rotatable bonds is 4. The highest BCUT2D eigenvalue weighted by atomic mass is 79.9. The lowest BCUT2D eigenvalue weighted by molar-refractivity contribution is -0.142. The molecule has 0 aliphatic rings. The lowest BCUT2D eigenvalue weighted by Crippen LogP contribution is -2.22. The molecule has 1 aromatic rings. The SMILES string of the molecule is CCOC(=O)[C@H](Br)[C@H](Br)c1cccnc1Cl. The van der Waals surface area contributed by atoms with E-state index in [4.69, 9.17) is 16.3 Å². The summed E-state index contributed by atoms with van der Waals surface area (Å²) < 4.78 is 4.91. The molecule has 1 heterocycles. The van der Waals surface area contributed by atoms with Gasteiger partial charge in [0.25, 0.3) is 0 Å². The Morgan fingerprint density at radius 2 is 2.31 bits per heavy atom. The average molecular weight is 371 g/mol. The standard InChI is InChI=1S/C10H10Br2ClNO2/c1-2-16-10(15)8(12)7(11)6-4-3-5-14-9(6)13/h3-5,7-8H,2H2,1H3/t7-,8-/m1/s1. The molecule has 0 radical (unpaired) electrons. The molecule has 1 aromatic heterocycles. The van der Waals surface area contributed by atoms with Gasteiger partial charge >= 0.3 is 5.97 Å². The van der Waals surface area contributed by atoms with Gasteiger partial charge in [-0.1, -0.05) is 49.5 Å². The van der Waals surface area contributed by atoms with Crippen molar-refractivity contribution in [2.45, 2.75) is 16.6 Å². The highest BCUT2D eigenvalue weighted by Crippen LogP contribution is 2.34. The number of hydrogen-bond donors (Lipinski definition) is 0. The highest BCUT2D eigenvalue weighted by Gasteiger charge is 2.27. The van der Waals surface area contributed by atoms with Crippen LogP contribution in [0.4, 0.5) is 0 Å². The summed E-state index contributed by atoms with van der Waals surface area (Å²) in [6, 6.07) is 3.57. The van der Waals surface area contributed by atoms with E-state index in [2.05, 4.69) is 36.8 Å². The van der Waals surface area contributed by atoms with Crippen molar-refractivity contribution >= 4 is 49.4 Å². The second-order valence-electron chi connectivity index (χ2n) is 2.94. The van der Waals surface area contributed by atoms with Crippen molar-refractivity contribution in [1.82, 2.24) is 4.98 Å². The highest BCUT2D eigenvalue weighted by molar-refractivity contribution is 9.12. The predicted molar refractivity (Wildman–Crippen MR) is 70.3 cm³/mol. The molecule has 0 aliphatic heterocycles. The Kier molecular flexibility index (Phi) is 5.72. The normalized spacial score (nSPS) is 14.2. The third-order valence-corrected chi connectivity index (χ3v) is 4.80. The van der Waals surface area contributed by atoms with E-state index in [0.29, 0.717) is 11.8 Å². The first-order valence-corrected chi connectivity index (χ1v) is 6.84. The lowest BCUT2D eigenvalue weighted by atomic mass is 10.1. The van der Waals surface area contributed by atoms with Crippen molar-refractivity contribution in [2.75, 3.05) is 6.61 Å². The van der Waals surface area contributed by atoms with Gasteiger partial charge in [-0.05, 0) is 13.0 Å². The van der Waals surface area contributed by atoms with Crippen LogP contribution in [0.3, 0.4) is 0 Å². The zero-order valence-electron chi connectivity index (χ0n) is 8.49. The van der Waals surface area contributed by atoms with Gasteiger partial charge in [-0.25, -0.2) is 4.98 Å². The molecule has 2 atom stereocenters. The number of hydrogen-bond acceptors (Lipinski definition) is 3. The number of halogens is 3. The van der Waals surface area contributed by atoms with Gasteiger partial charge in [0, 0.05) is 11.8 Å². The first kappa shape index (κ1) is 13.9. The molecule has 3 nitrogen and oxygen atoms in total. The fourth-order valence-electron chi connectivity index (χ4n) is 1.10. The number of esters is 1. The Balaban J connectivity index is 2.82. The molecule has 0 aromatic carbocycles. The van der Waals surface area contributed by atoms with Crippen molar-refractivity contribution in [3.63, 3.8) is 0 Å². The lowest BCUT2D eigenvalue weighted by Gasteiger charge is -2.16. The minimum absolute atomic E-state index is 0.271. The molecule has 0 aliphatic carbocycles. The van der Waals surface area contributed by atoms with E-state index in [0.717, 1.165) is 5.56 Å². The van der Waals surface area contributed by atoms with Gasteiger partial charge in [0.05, 0.1) is 11.4 Å². The molecule has 1 rings (SSSR count). The number of alkyl halides is 2. The van der Waals surface area contributed by atoms with E-state index in [9.17, 15) is 4.79 Å². The summed E-state index contributed by atoms with van der Waals surface area (Å²) in [7, 11) is 0. The first-order valence-electron chi connectivity index (χ1n) is 4.63. The maximum absolute atomic E-state index is 11.5. The van der Waals surface area contributed by atoms with E-state index in [1.54, 1.807) is 19.2 Å². The van der Waals surface area contributed by atoms with Gasteiger partial charge in [0.1, 0.15) is 9.98 Å². The molecule has 0 saturated carbocycles. The number of carbonyl (C=O) groups is 1. The Morgan fingerprint density at radius 3 is 2.88 bits per heavy atom. The fraction of sp³-hybridized carbons (Fsp3) is 0.400. The molecular formula is C10H10Br2ClNO2. The Labute approximate surface area is 116 Å². The Bertz CT molecular complexity index is 376. The van der Waals surface area contributed by atoms with Gasteiger partial charge < -0.3 is 4.74 Å². The van der Waals surface area contributed by atoms with E-state index in [1.807, 2.05) is 6.07 Å². The smallest absolute Gasteiger partial charge is 0.321 e. The molecule has 0 amide bonds. The molecule has 0 fully saturated rings. The second kappa shape index (κ2) is 6.57. The number of aromatic nitrogens is 1. The van der Waals surface area contributed by atoms with E-state index >= 15 is 0 Å².